The van der Waals surface area contributed by atoms with E-state index < -0.39 is 18.0 Å². The number of benzene rings is 1. The number of fused-ring (bicyclic) bond motifs is 1. The largest absolute Gasteiger partial charge is 0.442 e. The first kappa shape index (κ1) is 19.6. The van der Waals surface area contributed by atoms with E-state index in [0.29, 0.717) is 24.5 Å². The van der Waals surface area contributed by atoms with Crippen molar-refractivity contribution in [1.82, 2.24) is 15.1 Å². The lowest BCUT2D eigenvalue weighted by molar-refractivity contribution is -0.119. The van der Waals surface area contributed by atoms with Crippen LogP contribution in [0, 0.1) is 5.82 Å². The maximum atomic E-state index is 14.9. The molecule has 29 heavy (non-hydrogen) atoms. The molecule has 1 saturated heterocycles. The molecule has 0 aliphatic carbocycles. The van der Waals surface area contributed by atoms with Crippen molar-refractivity contribution in [3.63, 3.8) is 0 Å². The van der Waals surface area contributed by atoms with Gasteiger partial charge in [0.15, 0.2) is 0 Å². The Morgan fingerprint density at radius 3 is 2.97 bits per heavy atom. The Labute approximate surface area is 172 Å². The quantitative estimate of drug-likeness (QED) is 0.774. The van der Waals surface area contributed by atoms with Gasteiger partial charge < -0.3 is 15.0 Å². The van der Waals surface area contributed by atoms with Crippen molar-refractivity contribution in [2.45, 2.75) is 32.0 Å². The number of hydrogen-bond acceptors (Lipinski definition) is 6. The number of rotatable bonds is 6. The summed E-state index contributed by atoms with van der Waals surface area (Å²) in [5.41, 5.74) is 3.13. The molecule has 0 radical (unpaired) electrons. The van der Waals surface area contributed by atoms with Crippen LogP contribution in [0.5, 0.6) is 0 Å². The van der Waals surface area contributed by atoms with Crippen molar-refractivity contribution in [2.24, 2.45) is 0 Å². The summed E-state index contributed by atoms with van der Waals surface area (Å²) in [4.78, 5) is 26.5. The molecule has 154 valence electrons. The minimum absolute atomic E-state index is 0.192. The highest BCUT2D eigenvalue weighted by Crippen LogP contribution is 2.33. The van der Waals surface area contributed by atoms with Crippen LogP contribution in [0.15, 0.2) is 24.4 Å². The first-order valence-electron chi connectivity index (χ1n) is 9.26. The molecular formula is C19H22FN5O3S. The summed E-state index contributed by atoms with van der Waals surface area (Å²) in [7, 11) is 0. The fourth-order valence-corrected chi connectivity index (χ4v) is 4.09. The SMILES string of the molecule is CSCn1ncc2c1CN(c1ccc(N3C[C@H](CNC(C)=O)OC3=O)cc1F)C2. The Kier molecular flexibility index (Phi) is 5.35. The number of thioether (sulfide) groups is 1. The lowest BCUT2D eigenvalue weighted by Crippen LogP contribution is -2.33. The number of anilines is 2. The van der Waals surface area contributed by atoms with E-state index in [4.69, 9.17) is 4.74 Å². The van der Waals surface area contributed by atoms with Gasteiger partial charge in [0.2, 0.25) is 5.91 Å². The second kappa shape index (κ2) is 7.94. The molecule has 3 heterocycles. The highest BCUT2D eigenvalue weighted by molar-refractivity contribution is 7.97. The zero-order chi connectivity index (χ0) is 20.5. The third kappa shape index (κ3) is 3.89. The van der Waals surface area contributed by atoms with Crippen molar-refractivity contribution in [3.8, 4) is 0 Å². The smallest absolute Gasteiger partial charge is 0.414 e. The summed E-state index contributed by atoms with van der Waals surface area (Å²) >= 11 is 1.68. The summed E-state index contributed by atoms with van der Waals surface area (Å²) in [5.74, 6) is 0.179. The molecule has 0 bridgehead atoms. The van der Waals surface area contributed by atoms with E-state index in [1.807, 2.05) is 22.0 Å². The average molecular weight is 419 g/mol. The van der Waals surface area contributed by atoms with Crippen molar-refractivity contribution in [3.05, 3.63) is 41.5 Å². The molecule has 2 aliphatic rings. The topological polar surface area (TPSA) is 79.7 Å². The predicted octanol–water partition coefficient (Wildman–Crippen LogP) is 2.32. The molecule has 0 saturated carbocycles. The third-order valence-electron chi connectivity index (χ3n) is 5.02. The van der Waals surface area contributed by atoms with Crippen LogP contribution in [0.4, 0.5) is 20.6 Å². The molecule has 8 nitrogen and oxygen atoms in total. The van der Waals surface area contributed by atoms with Gasteiger partial charge in [0.05, 0.1) is 48.8 Å². The standard InChI is InChI=1S/C19H22FN5O3S/c1-12(26)21-7-15-9-24(19(27)28-15)14-3-4-17(16(20)5-14)23-8-13-6-22-25(11-29-2)18(13)10-23/h3-6,15H,7-11H2,1-2H3,(H,21,26)/t15-/m0/s1. The van der Waals surface area contributed by atoms with Gasteiger partial charge in [-0.2, -0.15) is 5.10 Å². The molecule has 1 N–H and O–H groups in total. The van der Waals surface area contributed by atoms with Gasteiger partial charge in [-0.1, -0.05) is 0 Å². The van der Waals surface area contributed by atoms with Crippen LogP contribution in [-0.2, 0) is 28.5 Å². The molecule has 2 amide bonds. The minimum atomic E-state index is -0.543. The summed E-state index contributed by atoms with van der Waals surface area (Å²) in [6.07, 6.45) is 2.86. The average Bonchev–Trinajstić information content (AvgIpc) is 3.35. The number of nitrogens with zero attached hydrogens (tertiary/aromatic N) is 4. The summed E-state index contributed by atoms with van der Waals surface area (Å²) in [6.45, 7) is 3.09. The molecule has 0 unspecified atom stereocenters. The Bertz CT molecular complexity index is 950. The van der Waals surface area contributed by atoms with Crippen molar-refractivity contribution < 1.29 is 18.7 Å². The Morgan fingerprint density at radius 2 is 2.24 bits per heavy atom. The molecular weight excluding hydrogens is 397 g/mol. The number of halogens is 1. The van der Waals surface area contributed by atoms with Crippen LogP contribution >= 0.6 is 11.8 Å². The molecule has 10 heteroatoms. The van der Waals surface area contributed by atoms with E-state index >= 15 is 0 Å². The number of aromatic nitrogens is 2. The highest BCUT2D eigenvalue weighted by atomic mass is 32.2. The summed E-state index contributed by atoms with van der Waals surface area (Å²) < 4.78 is 22.1. The number of carbonyl (C=O) groups excluding carboxylic acids is 2. The van der Waals surface area contributed by atoms with Gasteiger partial charge in [0.25, 0.3) is 0 Å². The minimum Gasteiger partial charge on any atom is -0.442 e. The molecule has 4 rings (SSSR count). The van der Waals surface area contributed by atoms with Gasteiger partial charge in [-0.25, -0.2) is 9.18 Å². The number of carbonyl (C=O) groups is 2. The predicted molar refractivity (Wildman–Crippen MR) is 108 cm³/mol. The van der Waals surface area contributed by atoms with E-state index in [2.05, 4.69) is 10.4 Å². The van der Waals surface area contributed by atoms with E-state index in [1.165, 1.54) is 17.9 Å². The first-order chi connectivity index (χ1) is 14.0. The number of cyclic esters (lactones) is 1. The van der Waals surface area contributed by atoms with Gasteiger partial charge in [-0.15, -0.1) is 11.8 Å². The molecule has 2 aliphatic heterocycles. The maximum Gasteiger partial charge on any atom is 0.414 e. The van der Waals surface area contributed by atoms with E-state index in [1.54, 1.807) is 23.9 Å². The van der Waals surface area contributed by atoms with E-state index in [0.717, 1.165) is 17.1 Å². The molecule has 2 aromatic rings. The van der Waals surface area contributed by atoms with Gasteiger partial charge in [0.1, 0.15) is 11.9 Å². The number of amides is 2. The van der Waals surface area contributed by atoms with Crippen LogP contribution in [0.2, 0.25) is 0 Å². The van der Waals surface area contributed by atoms with Gasteiger partial charge in [-0.3, -0.25) is 14.4 Å². The summed E-state index contributed by atoms with van der Waals surface area (Å²) in [5, 5.41) is 7.00. The van der Waals surface area contributed by atoms with Crippen molar-refractivity contribution >= 4 is 35.1 Å². The van der Waals surface area contributed by atoms with Gasteiger partial charge in [0, 0.05) is 19.0 Å². The Balaban J connectivity index is 1.46. The lowest BCUT2D eigenvalue weighted by Gasteiger charge is -2.21. The van der Waals surface area contributed by atoms with Crippen LogP contribution in [0.25, 0.3) is 0 Å². The number of nitrogens with one attached hydrogen (secondary N) is 1. The number of ether oxygens (including phenoxy) is 1. The second-order valence-electron chi connectivity index (χ2n) is 7.08. The zero-order valence-corrected chi connectivity index (χ0v) is 17.0. The van der Waals surface area contributed by atoms with Gasteiger partial charge in [-0.05, 0) is 24.5 Å². The first-order valence-corrected chi connectivity index (χ1v) is 10.6. The van der Waals surface area contributed by atoms with E-state index in [9.17, 15) is 14.0 Å². The van der Waals surface area contributed by atoms with Crippen molar-refractivity contribution in [2.75, 3.05) is 29.1 Å². The third-order valence-corrected chi connectivity index (χ3v) is 5.53. The Morgan fingerprint density at radius 1 is 1.41 bits per heavy atom. The van der Waals surface area contributed by atoms with Crippen molar-refractivity contribution in [1.29, 1.82) is 0 Å². The highest BCUT2D eigenvalue weighted by Gasteiger charge is 2.33. The Hall–Kier alpha value is -2.75. The van der Waals surface area contributed by atoms with Crippen LogP contribution in [-0.4, -0.2) is 47.2 Å². The van der Waals surface area contributed by atoms with Gasteiger partial charge >= 0.3 is 6.09 Å². The number of hydrogen-bond donors (Lipinski definition) is 1. The zero-order valence-electron chi connectivity index (χ0n) is 16.2. The fourth-order valence-electron chi connectivity index (χ4n) is 3.63. The fraction of sp³-hybridized carbons (Fsp3) is 0.421. The molecule has 1 fully saturated rings. The monoisotopic (exact) mass is 419 g/mol. The summed E-state index contributed by atoms with van der Waals surface area (Å²) in [6, 6.07) is 4.77. The van der Waals surface area contributed by atoms with E-state index in [-0.39, 0.29) is 19.0 Å². The van der Waals surface area contributed by atoms with Crippen LogP contribution in [0.1, 0.15) is 18.2 Å². The molecule has 1 aromatic carbocycles. The normalized spacial score (nSPS) is 18.2. The lowest BCUT2D eigenvalue weighted by atomic mass is 10.2. The van der Waals surface area contributed by atoms with Crippen LogP contribution in [0.3, 0.4) is 0 Å². The van der Waals surface area contributed by atoms with Crippen LogP contribution < -0.4 is 15.1 Å². The second-order valence-corrected chi connectivity index (χ2v) is 7.91. The molecule has 1 atom stereocenters. The molecule has 1 aromatic heterocycles. The molecule has 0 spiro atoms. The maximum absolute atomic E-state index is 14.9.